The van der Waals surface area contributed by atoms with Crippen molar-refractivity contribution < 1.29 is 15.0 Å². The molecule has 3 nitrogen and oxygen atoms in total. The van der Waals surface area contributed by atoms with Crippen molar-refractivity contribution >= 4 is 5.78 Å². The molecule has 2 N–H and O–H groups in total. The van der Waals surface area contributed by atoms with Crippen LogP contribution in [0.15, 0.2) is 24.3 Å². The molecule has 0 saturated heterocycles. The van der Waals surface area contributed by atoms with Gasteiger partial charge in [0.2, 0.25) is 0 Å². The quantitative estimate of drug-likeness (QED) is 0.746. The van der Waals surface area contributed by atoms with Crippen molar-refractivity contribution in [1.82, 2.24) is 0 Å². The average Bonchev–Trinajstić information content (AvgIpc) is 2.16. The Morgan fingerprint density at radius 2 is 2.21 bits per heavy atom. The molecule has 14 heavy (non-hydrogen) atoms. The van der Waals surface area contributed by atoms with E-state index >= 15 is 0 Å². The molecule has 0 aliphatic heterocycles. The molecule has 0 aliphatic carbocycles. The van der Waals surface area contributed by atoms with E-state index in [0.717, 1.165) is 5.56 Å². The molecule has 1 rings (SSSR count). The van der Waals surface area contributed by atoms with Crippen LogP contribution in [0.4, 0.5) is 0 Å². The highest BCUT2D eigenvalue weighted by Crippen LogP contribution is 2.14. The molecule has 0 bridgehead atoms. The van der Waals surface area contributed by atoms with Crippen molar-refractivity contribution in [2.45, 2.75) is 19.4 Å². The van der Waals surface area contributed by atoms with Gasteiger partial charge in [0.1, 0.15) is 11.9 Å². The van der Waals surface area contributed by atoms with Gasteiger partial charge in [-0.3, -0.25) is 4.79 Å². The van der Waals surface area contributed by atoms with E-state index in [2.05, 4.69) is 0 Å². The van der Waals surface area contributed by atoms with Crippen LogP contribution in [0.3, 0.4) is 0 Å². The molecule has 0 aromatic heterocycles. The predicted molar refractivity (Wildman–Crippen MR) is 52.9 cm³/mol. The van der Waals surface area contributed by atoms with Crippen molar-refractivity contribution in [1.29, 1.82) is 0 Å². The lowest BCUT2D eigenvalue weighted by Gasteiger charge is -2.08. The van der Waals surface area contributed by atoms with Gasteiger partial charge in [0.25, 0.3) is 0 Å². The predicted octanol–water partition coefficient (Wildman–Crippen LogP) is 0.844. The molecule has 0 heterocycles. The Bertz CT molecular complexity index is 320. The van der Waals surface area contributed by atoms with Crippen LogP contribution in [-0.4, -0.2) is 22.6 Å². The Balaban J connectivity index is 2.83. The molecule has 3 heteroatoms. The summed E-state index contributed by atoms with van der Waals surface area (Å²) < 4.78 is 0. The smallest absolute Gasteiger partial charge is 0.134 e. The van der Waals surface area contributed by atoms with E-state index in [9.17, 15) is 9.90 Å². The van der Waals surface area contributed by atoms with Gasteiger partial charge in [-0.15, -0.1) is 0 Å². The summed E-state index contributed by atoms with van der Waals surface area (Å²) in [7, 11) is 0. The molecular weight excluding hydrogens is 180 g/mol. The number of Topliss-reactive ketones (excluding diaryl/α,β-unsaturated/α-hetero) is 1. The highest BCUT2D eigenvalue weighted by Gasteiger charge is 2.06. The van der Waals surface area contributed by atoms with Gasteiger partial charge in [-0.2, -0.15) is 0 Å². The highest BCUT2D eigenvalue weighted by molar-refractivity contribution is 5.78. The molecule has 76 valence electrons. The standard InChI is InChI=1S/C11H14O3/c1-8(13)5-9-3-2-4-10(6-9)11(14)7-12/h2-4,6,11-12,14H,5,7H2,1H3. The maximum atomic E-state index is 10.9. The molecular formula is C11H14O3. The van der Waals surface area contributed by atoms with Crippen LogP contribution >= 0.6 is 0 Å². The number of hydrogen-bond donors (Lipinski definition) is 2. The second-order valence-electron chi connectivity index (χ2n) is 3.32. The zero-order valence-corrected chi connectivity index (χ0v) is 8.10. The Morgan fingerprint density at radius 1 is 1.50 bits per heavy atom. The summed E-state index contributed by atoms with van der Waals surface area (Å²) >= 11 is 0. The van der Waals surface area contributed by atoms with Crippen LogP contribution in [0.5, 0.6) is 0 Å². The van der Waals surface area contributed by atoms with Gasteiger partial charge < -0.3 is 10.2 Å². The third kappa shape index (κ3) is 2.94. The van der Waals surface area contributed by atoms with Crippen molar-refractivity contribution in [2.24, 2.45) is 0 Å². The normalized spacial score (nSPS) is 12.5. The second kappa shape index (κ2) is 4.88. The van der Waals surface area contributed by atoms with Crippen LogP contribution < -0.4 is 0 Å². The molecule has 1 atom stereocenters. The van der Waals surface area contributed by atoms with E-state index in [0.29, 0.717) is 12.0 Å². The first-order valence-electron chi connectivity index (χ1n) is 4.50. The lowest BCUT2D eigenvalue weighted by Crippen LogP contribution is -2.04. The number of ketones is 1. The van der Waals surface area contributed by atoms with Gasteiger partial charge in [-0.1, -0.05) is 24.3 Å². The lowest BCUT2D eigenvalue weighted by molar-refractivity contribution is -0.116. The molecule has 1 aromatic rings. The second-order valence-corrected chi connectivity index (χ2v) is 3.32. The van der Waals surface area contributed by atoms with E-state index in [1.165, 1.54) is 6.92 Å². The number of aliphatic hydroxyl groups excluding tert-OH is 2. The summed E-state index contributed by atoms with van der Waals surface area (Å²) in [6.07, 6.45) is -0.492. The van der Waals surface area contributed by atoms with Crippen LogP contribution in [-0.2, 0) is 11.2 Å². The Kier molecular flexibility index (Phi) is 3.80. The van der Waals surface area contributed by atoms with Crippen molar-refractivity contribution in [3.05, 3.63) is 35.4 Å². The Hall–Kier alpha value is -1.19. The summed E-state index contributed by atoms with van der Waals surface area (Å²) in [4.78, 5) is 10.9. The fourth-order valence-electron chi connectivity index (χ4n) is 1.30. The molecule has 0 saturated carbocycles. The summed E-state index contributed by atoms with van der Waals surface area (Å²) in [5.74, 6) is 0.0839. The third-order valence-electron chi connectivity index (χ3n) is 1.96. The first kappa shape index (κ1) is 10.9. The van der Waals surface area contributed by atoms with Gasteiger partial charge in [-0.05, 0) is 18.1 Å². The topological polar surface area (TPSA) is 57.5 Å². The molecule has 0 radical (unpaired) electrons. The average molecular weight is 194 g/mol. The van der Waals surface area contributed by atoms with E-state index < -0.39 is 6.10 Å². The van der Waals surface area contributed by atoms with Crippen molar-refractivity contribution in [3.8, 4) is 0 Å². The zero-order valence-electron chi connectivity index (χ0n) is 8.10. The first-order valence-corrected chi connectivity index (χ1v) is 4.50. The zero-order chi connectivity index (χ0) is 10.6. The van der Waals surface area contributed by atoms with Crippen LogP contribution in [0, 0.1) is 0 Å². The molecule has 0 aliphatic rings. The fourth-order valence-corrected chi connectivity index (χ4v) is 1.30. The molecule has 0 amide bonds. The third-order valence-corrected chi connectivity index (χ3v) is 1.96. The Labute approximate surface area is 83.0 Å². The van der Waals surface area contributed by atoms with E-state index in [4.69, 9.17) is 5.11 Å². The summed E-state index contributed by atoms with van der Waals surface area (Å²) in [5.41, 5.74) is 1.51. The number of benzene rings is 1. The largest absolute Gasteiger partial charge is 0.393 e. The van der Waals surface area contributed by atoms with Gasteiger partial charge in [-0.25, -0.2) is 0 Å². The van der Waals surface area contributed by atoms with Crippen molar-refractivity contribution in [3.63, 3.8) is 0 Å². The number of aliphatic hydroxyl groups is 2. The molecule has 0 fully saturated rings. The maximum absolute atomic E-state index is 10.9. The SMILES string of the molecule is CC(=O)Cc1cccc(C(O)CO)c1. The van der Waals surface area contributed by atoms with E-state index in [-0.39, 0.29) is 12.4 Å². The molecule has 1 unspecified atom stereocenters. The number of rotatable bonds is 4. The first-order chi connectivity index (χ1) is 6.63. The van der Waals surface area contributed by atoms with Crippen LogP contribution in [0.1, 0.15) is 24.2 Å². The van der Waals surface area contributed by atoms with Gasteiger partial charge in [0.05, 0.1) is 6.61 Å². The van der Waals surface area contributed by atoms with Crippen LogP contribution in [0.2, 0.25) is 0 Å². The maximum Gasteiger partial charge on any atom is 0.134 e. The van der Waals surface area contributed by atoms with E-state index in [1.54, 1.807) is 18.2 Å². The summed E-state index contributed by atoms with van der Waals surface area (Å²) in [6.45, 7) is 1.22. The fraction of sp³-hybridized carbons (Fsp3) is 0.364. The Morgan fingerprint density at radius 3 is 2.79 bits per heavy atom. The number of hydrogen-bond acceptors (Lipinski definition) is 3. The molecule has 0 spiro atoms. The van der Waals surface area contributed by atoms with Crippen LogP contribution in [0.25, 0.3) is 0 Å². The number of carbonyl (C=O) groups is 1. The monoisotopic (exact) mass is 194 g/mol. The minimum Gasteiger partial charge on any atom is -0.393 e. The minimum absolute atomic E-state index is 0.0839. The number of carbonyl (C=O) groups excluding carboxylic acids is 1. The van der Waals surface area contributed by atoms with Gasteiger partial charge in [0.15, 0.2) is 0 Å². The molecule has 1 aromatic carbocycles. The van der Waals surface area contributed by atoms with Crippen molar-refractivity contribution in [2.75, 3.05) is 6.61 Å². The summed E-state index contributed by atoms with van der Waals surface area (Å²) in [5, 5.41) is 18.1. The van der Waals surface area contributed by atoms with Gasteiger partial charge in [0, 0.05) is 6.42 Å². The highest BCUT2D eigenvalue weighted by atomic mass is 16.3. The van der Waals surface area contributed by atoms with Gasteiger partial charge >= 0.3 is 0 Å². The lowest BCUT2D eigenvalue weighted by atomic mass is 10.0. The van der Waals surface area contributed by atoms with E-state index in [1.807, 2.05) is 6.07 Å². The minimum atomic E-state index is -0.859. The summed E-state index contributed by atoms with van der Waals surface area (Å²) in [6, 6.07) is 7.06.